The molecule has 2 unspecified atom stereocenters. The summed E-state index contributed by atoms with van der Waals surface area (Å²) in [7, 11) is -3.18. The van der Waals surface area contributed by atoms with Crippen LogP contribution < -0.4 is 4.72 Å². The fourth-order valence-corrected chi connectivity index (χ4v) is 6.37. The van der Waals surface area contributed by atoms with Crippen LogP contribution in [0.2, 0.25) is 0 Å². The van der Waals surface area contributed by atoms with Crippen LogP contribution in [0.25, 0.3) is 0 Å². The van der Waals surface area contributed by atoms with Crippen LogP contribution in [0.5, 0.6) is 5.75 Å². The fourth-order valence-electron chi connectivity index (χ4n) is 5.57. The quantitative estimate of drug-likeness (QED) is 0.639. The predicted octanol–water partition coefficient (Wildman–Crippen LogP) is 3.61. The van der Waals surface area contributed by atoms with Crippen LogP contribution in [0.15, 0.2) is 18.2 Å². The first-order valence-corrected chi connectivity index (χ1v) is 12.9. The second-order valence-electron chi connectivity index (χ2n) is 9.73. The lowest BCUT2D eigenvalue weighted by Gasteiger charge is -2.37. The number of hydrogen-bond acceptors (Lipinski definition) is 4. The molecule has 0 radical (unpaired) electrons. The van der Waals surface area contributed by atoms with Crippen LogP contribution in [0.1, 0.15) is 69.4 Å². The van der Waals surface area contributed by atoms with Crippen LogP contribution in [-0.2, 0) is 16.4 Å². The number of phenolic OH excluding ortho intramolecular Hbond substituents is 1. The van der Waals surface area contributed by atoms with Gasteiger partial charge in [0.2, 0.25) is 10.0 Å². The number of aromatic hydroxyl groups is 1. The molecule has 0 bridgehead atoms. The zero-order valence-corrected chi connectivity index (χ0v) is 18.9. The Hall–Kier alpha value is -1.60. The minimum Gasteiger partial charge on any atom is -0.508 e. The van der Waals surface area contributed by atoms with Gasteiger partial charge in [0.05, 0.1) is 11.1 Å². The first-order valence-electron chi connectivity index (χ1n) is 11.4. The highest BCUT2D eigenvalue weighted by molar-refractivity contribution is 7.90. The van der Waals surface area contributed by atoms with Gasteiger partial charge < -0.3 is 10.0 Å². The Morgan fingerprint density at radius 3 is 2.57 bits per heavy atom. The topological polar surface area (TPSA) is 93.5 Å². The molecule has 1 saturated carbocycles. The van der Waals surface area contributed by atoms with Gasteiger partial charge in [-0.3, -0.25) is 5.41 Å². The van der Waals surface area contributed by atoms with Crippen LogP contribution in [0, 0.1) is 17.2 Å². The van der Waals surface area contributed by atoms with Crippen molar-refractivity contribution in [3.63, 3.8) is 0 Å². The molecular formula is C23H35N3O3S. The SMILES string of the molecule is CC(C)S(=O)(=O)NCC1CCC(CN2C(=N)CC3c4ccc(O)cc4CCC32)CC1. The molecule has 3 aliphatic rings. The molecule has 7 heteroatoms. The van der Waals surface area contributed by atoms with Gasteiger partial charge in [-0.2, -0.15) is 0 Å². The molecule has 2 aliphatic carbocycles. The molecule has 6 nitrogen and oxygen atoms in total. The molecule has 4 rings (SSSR count). The second-order valence-corrected chi connectivity index (χ2v) is 12.0. The van der Waals surface area contributed by atoms with E-state index in [9.17, 15) is 13.5 Å². The van der Waals surface area contributed by atoms with Gasteiger partial charge in [0.1, 0.15) is 5.75 Å². The lowest BCUT2D eigenvalue weighted by atomic mass is 9.78. The molecule has 30 heavy (non-hydrogen) atoms. The van der Waals surface area contributed by atoms with Crippen molar-refractivity contribution in [2.75, 3.05) is 13.1 Å². The molecule has 1 heterocycles. The summed E-state index contributed by atoms with van der Waals surface area (Å²) in [6.07, 6.45) is 7.16. The molecule has 1 aromatic rings. The summed E-state index contributed by atoms with van der Waals surface area (Å²) in [6, 6.07) is 6.14. The highest BCUT2D eigenvalue weighted by Crippen LogP contribution is 2.44. The summed E-state index contributed by atoms with van der Waals surface area (Å²) < 4.78 is 26.8. The number of rotatable bonds is 6. The largest absolute Gasteiger partial charge is 0.508 e. The number of fused-ring (bicyclic) bond motifs is 3. The van der Waals surface area contributed by atoms with Crippen molar-refractivity contribution in [2.24, 2.45) is 11.8 Å². The van der Waals surface area contributed by atoms with Crippen molar-refractivity contribution in [3.8, 4) is 5.75 Å². The summed E-state index contributed by atoms with van der Waals surface area (Å²) in [4.78, 5) is 2.35. The van der Waals surface area contributed by atoms with E-state index in [1.54, 1.807) is 19.9 Å². The average Bonchev–Trinajstić information content (AvgIpc) is 3.02. The third kappa shape index (κ3) is 4.37. The molecule has 0 spiro atoms. The molecular weight excluding hydrogens is 398 g/mol. The highest BCUT2D eigenvalue weighted by atomic mass is 32.2. The lowest BCUT2D eigenvalue weighted by molar-refractivity contribution is 0.197. The maximum atomic E-state index is 12.0. The zero-order valence-electron chi connectivity index (χ0n) is 18.1. The van der Waals surface area contributed by atoms with E-state index in [1.165, 1.54) is 11.1 Å². The van der Waals surface area contributed by atoms with Crippen molar-refractivity contribution >= 4 is 15.9 Å². The normalized spacial score (nSPS) is 29.2. The third-order valence-corrected chi connectivity index (χ3v) is 9.29. The van der Waals surface area contributed by atoms with E-state index in [4.69, 9.17) is 5.41 Å². The summed E-state index contributed by atoms with van der Waals surface area (Å²) in [5, 5.41) is 18.0. The average molecular weight is 434 g/mol. The van der Waals surface area contributed by atoms with Gasteiger partial charge >= 0.3 is 0 Å². The van der Waals surface area contributed by atoms with E-state index in [2.05, 4.69) is 15.7 Å². The van der Waals surface area contributed by atoms with E-state index >= 15 is 0 Å². The van der Waals surface area contributed by atoms with Crippen molar-refractivity contribution in [1.82, 2.24) is 9.62 Å². The molecule has 1 aromatic carbocycles. The number of sulfonamides is 1. The number of likely N-dealkylation sites (tertiary alicyclic amines) is 1. The third-order valence-electron chi connectivity index (χ3n) is 7.48. The minimum absolute atomic E-state index is 0.338. The number of amidine groups is 1. The minimum atomic E-state index is -3.18. The van der Waals surface area contributed by atoms with E-state index in [0.29, 0.717) is 36.1 Å². The van der Waals surface area contributed by atoms with Gasteiger partial charge in [-0.25, -0.2) is 13.1 Å². The van der Waals surface area contributed by atoms with E-state index in [0.717, 1.165) is 57.3 Å². The predicted molar refractivity (Wildman–Crippen MR) is 120 cm³/mol. The number of aryl methyl sites for hydroxylation is 1. The maximum Gasteiger partial charge on any atom is 0.213 e. The van der Waals surface area contributed by atoms with Crippen molar-refractivity contribution in [1.29, 1.82) is 5.41 Å². The summed E-state index contributed by atoms with van der Waals surface area (Å²) in [5.74, 6) is 2.49. The molecule has 1 saturated heterocycles. The van der Waals surface area contributed by atoms with Gasteiger partial charge in [-0.15, -0.1) is 0 Å². The number of nitrogens with one attached hydrogen (secondary N) is 2. The van der Waals surface area contributed by atoms with Crippen LogP contribution >= 0.6 is 0 Å². The molecule has 166 valence electrons. The molecule has 2 fully saturated rings. The molecule has 0 amide bonds. The lowest BCUT2D eigenvalue weighted by Crippen LogP contribution is -2.41. The Bertz CT molecular complexity index is 891. The first-order chi connectivity index (χ1) is 14.2. The Morgan fingerprint density at radius 2 is 1.87 bits per heavy atom. The number of benzene rings is 1. The Labute approximate surface area is 180 Å². The van der Waals surface area contributed by atoms with Crippen molar-refractivity contribution < 1.29 is 13.5 Å². The zero-order chi connectivity index (χ0) is 21.5. The standard InChI is InChI=1S/C23H35N3O3S/c1-15(2)30(28,29)25-13-16-3-5-17(6-4-16)14-26-22-10-7-18-11-19(27)8-9-20(18)21(22)12-23(26)24/h8-9,11,15-17,21-22,24-25,27H,3-7,10,12-14H2,1-2H3. The van der Waals surface area contributed by atoms with Crippen molar-refractivity contribution in [3.05, 3.63) is 29.3 Å². The number of phenols is 1. The van der Waals surface area contributed by atoms with Gasteiger partial charge in [0.25, 0.3) is 0 Å². The summed E-state index contributed by atoms with van der Waals surface area (Å²) in [6.45, 7) is 4.94. The van der Waals surface area contributed by atoms with Crippen molar-refractivity contribution in [2.45, 2.75) is 76.0 Å². The smallest absolute Gasteiger partial charge is 0.213 e. The maximum absolute atomic E-state index is 12.0. The second kappa shape index (κ2) is 8.50. The number of hydrogen-bond donors (Lipinski definition) is 3. The molecule has 0 aromatic heterocycles. The summed E-state index contributed by atoms with van der Waals surface area (Å²) in [5.41, 5.74) is 2.56. The van der Waals surface area contributed by atoms with Gasteiger partial charge in [-0.05, 0) is 87.5 Å². The Morgan fingerprint density at radius 1 is 1.17 bits per heavy atom. The van der Waals surface area contributed by atoms with Gasteiger partial charge in [0.15, 0.2) is 0 Å². The van der Waals surface area contributed by atoms with Crippen LogP contribution in [0.4, 0.5) is 0 Å². The van der Waals surface area contributed by atoms with E-state index in [1.807, 2.05) is 6.07 Å². The summed E-state index contributed by atoms with van der Waals surface area (Å²) >= 11 is 0. The fraction of sp³-hybridized carbons (Fsp3) is 0.696. The van der Waals surface area contributed by atoms with E-state index < -0.39 is 10.0 Å². The monoisotopic (exact) mass is 433 g/mol. The Kier molecular flexibility index (Phi) is 6.13. The highest BCUT2D eigenvalue weighted by Gasteiger charge is 2.42. The molecule has 1 aliphatic heterocycles. The van der Waals surface area contributed by atoms with E-state index in [-0.39, 0.29) is 5.25 Å². The molecule has 2 atom stereocenters. The molecule has 3 N–H and O–H groups in total. The first kappa shape index (κ1) is 21.6. The van der Waals surface area contributed by atoms with Gasteiger partial charge in [0, 0.05) is 31.5 Å². The Balaban J connectivity index is 1.32. The number of nitrogens with zero attached hydrogens (tertiary/aromatic N) is 1. The van der Waals surface area contributed by atoms with Crippen LogP contribution in [0.3, 0.4) is 0 Å². The van der Waals surface area contributed by atoms with Gasteiger partial charge in [-0.1, -0.05) is 6.07 Å². The van der Waals surface area contributed by atoms with Crippen LogP contribution in [-0.4, -0.2) is 48.6 Å².